The van der Waals surface area contributed by atoms with E-state index in [1.807, 2.05) is 92.7 Å². The van der Waals surface area contributed by atoms with E-state index in [9.17, 15) is 9.90 Å². The Morgan fingerprint density at radius 2 is 1.83 bits per heavy atom. The van der Waals surface area contributed by atoms with E-state index in [-0.39, 0.29) is 12.5 Å². The van der Waals surface area contributed by atoms with Crippen molar-refractivity contribution in [3.8, 4) is 5.75 Å². The van der Waals surface area contributed by atoms with Crippen molar-refractivity contribution in [3.05, 3.63) is 106 Å². The normalized spacial score (nSPS) is 12.2. The molecule has 1 unspecified atom stereocenters. The SMILES string of the molecule is Cc1c(CC(=O)O)c2cc(OC(C)c3ccc4ccccc4n3)ccc2n1Cc1ccc(Cl)cc1. The minimum Gasteiger partial charge on any atom is -0.484 e. The zero-order valence-electron chi connectivity index (χ0n) is 19.5. The maximum atomic E-state index is 11.7. The molecule has 176 valence electrons. The van der Waals surface area contributed by atoms with Gasteiger partial charge in [0.15, 0.2) is 0 Å². The van der Waals surface area contributed by atoms with Crippen molar-refractivity contribution in [2.45, 2.75) is 32.9 Å². The predicted molar refractivity (Wildman–Crippen MR) is 139 cm³/mol. The van der Waals surface area contributed by atoms with Gasteiger partial charge in [-0.1, -0.05) is 48.0 Å². The van der Waals surface area contributed by atoms with Crippen molar-refractivity contribution in [1.29, 1.82) is 0 Å². The van der Waals surface area contributed by atoms with Gasteiger partial charge in [-0.05, 0) is 67.4 Å². The molecule has 0 saturated heterocycles. The van der Waals surface area contributed by atoms with Crippen LogP contribution in [-0.2, 0) is 17.8 Å². The van der Waals surface area contributed by atoms with Crippen LogP contribution in [0.3, 0.4) is 0 Å². The Labute approximate surface area is 208 Å². The molecule has 1 N–H and O–H groups in total. The Bertz CT molecular complexity index is 1540. The fraction of sp³-hybridized carbons (Fsp3) is 0.172. The maximum absolute atomic E-state index is 11.7. The largest absolute Gasteiger partial charge is 0.484 e. The molecule has 5 aromatic rings. The number of pyridine rings is 1. The van der Waals surface area contributed by atoms with Crippen LogP contribution >= 0.6 is 11.6 Å². The molecule has 0 saturated carbocycles. The zero-order valence-corrected chi connectivity index (χ0v) is 20.3. The summed E-state index contributed by atoms with van der Waals surface area (Å²) in [6.45, 7) is 4.56. The molecule has 2 aromatic heterocycles. The lowest BCUT2D eigenvalue weighted by molar-refractivity contribution is -0.136. The maximum Gasteiger partial charge on any atom is 0.307 e. The molecule has 35 heavy (non-hydrogen) atoms. The number of rotatable bonds is 7. The highest BCUT2D eigenvalue weighted by atomic mass is 35.5. The third-order valence-corrected chi connectivity index (χ3v) is 6.61. The highest BCUT2D eigenvalue weighted by Crippen LogP contribution is 2.32. The average Bonchev–Trinajstić information content (AvgIpc) is 3.10. The van der Waals surface area contributed by atoms with E-state index in [0.717, 1.165) is 44.3 Å². The fourth-order valence-corrected chi connectivity index (χ4v) is 4.65. The van der Waals surface area contributed by atoms with Crippen LogP contribution in [0.25, 0.3) is 21.8 Å². The van der Waals surface area contributed by atoms with Gasteiger partial charge in [0.2, 0.25) is 0 Å². The van der Waals surface area contributed by atoms with Gasteiger partial charge in [0.25, 0.3) is 0 Å². The molecule has 0 radical (unpaired) electrons. The summed E-state index contributed by atoms with van der Waals surface area (Å²) in [7, 11) is 0. The molecule has 0 fully saturated rings. The third kappa shape index (κ3) is 4.73. The Hall–Kier alpha value is -3.83. The number of hydrogen-bond donors (Lipinski definition) is 1. The second kappa shape index (κ2) is 9.43. The van der Waals surface area contributed by atoms with Crippen LogP contribution in [0.2, 0.25) is 5.02 Å². The number of aromatic nitrogens is 2. The summed E-state index contributed by atoms with van der Waals surface area (Å²) in [5.41, 5.74) is 5.55. The van der Waals surface area contributed by atoms with Gasteiger partial charge in [-0.2, -0.15) is 0 Å². The van der Waals surface area contributed by atoms with Gasteiger partial charge in [-0.15, -0.1) is 0 Å². The first-order valence-corrected chi connectivity index (χ1v) is 11.9. The Balaban J connectivity index is 1.49. The summed E-state index contributed by atoms with van der Waals surface area (Å²) < 4.78 is 8.41. The van der Waals surface area contributed by atoms with Crippen molar-refractivity contribution >= 4 is 39.4 Å². The lowest BCUT2D eigenvalue weighted by Crippen LogP contribution is -2.05. The second-order valence-corrected chi connectivity index (χ2v) is 9.15. The molecule has 0 bridgehead atoms. The van der Waals surface area contributed by atoms with E-state index >= 15 is 0 Å². The quantitative estimate of drug-likeness (QED) is 0.271. The van der Waals surface area contributed by atoms with Crippen LogP contribution in [0, 0.1) is 6.92 Å². The van der Waals surface area contributed by atoms with Crippen LogP contribution in [0.15, 0.2) is 78.9 Å². The molecule has 3 aromatic carbocycles. The van der Waals surface area contributed by atoms with Crippen molar-refractivity contribution in [3.63, 3.8) is 0 Å². The summed E-state index contributed by atoms with van der Waals surface area (Å²) in [5.74, 6) is -0.186. The molecule has 0 spiro atoms. The Kier molecular flexibility index (Phi) is 6.18. The van der Waals surface area contributed by atoms with Gasteiger partial charge in [0.05, 0.1) is 17.6 Å². The van der Waals surface area contributed by atoms with Crippen LogP contribution in [-0.4, -0.2) is 20.6 Å². The number of carboxylic acids is 1. The fourth-order valence-electron chi connectivity index (χ4n) is 4.53. The number of nitrogens with zero attached hydrogens (tertiary/aromatic N) is 2. The number of ether oxygens (including phenoxy) is 1. The summed E-state index contributed by atoms with van der Waals surface area (Å²) in [6, 6.07) is 25.6. The predicted octanol–water partition coefficient (Wildman–Crippen LogP) is 6.97. The minimum absolute atomic E-state index is 0.0544. The van der Waals surface area contributed by atoms with Crippen LogP contribution in [0.4, 0.5) is 0 Å². The molecular formula is C29H25ClN2O3. The highest BCUT2D eigenvalue weighted by molar-refractivity contribution is 6.30. The van der Waals surface area contributed by atoms with E-state index in [1.165, 1.54) is 0 Å². The topological polar surface area (TPSA) is 64.3 Å². The first kappa shape index (κ1) is 22.9. The highest BCUT2D eigenvalue weighted by Gasteiger charge is 2.18. The number of halogens is 1. The minimum atomic E-state index is -0.862. The van der Waals surface area contributed by atoms with E-state index in [1.54, 1.807) is 0 Å². The molecule has 0 aliphatic carbocycles. The van der Waals surface area contributed by atoms with Gasteiger partial charge in [0.1, 0.15) is 11.9 Å². The summed E-state index contributed by atoms with van der Waals surface area (Å²) in [6.07, 6.45) is -0.321. The molecule has 2 heterocycles. The number of carboxylic acid groups (broad SMARTS) is 1. The number of hydrogen-bond acceptors (Lipinski definition) is 3. The molecule has 1 atom stereocenters. The lowest BCUT2D eigenvalue weighted by atomic mass is 10.1. The summed E-state index contributed by atoms with van der Waals surface area (Å²) in [5, 5.41) is 12.2. The first-order chi connectivity index (χ1) is 16.9. The van der Waals surface area contributed by atoms with E-state index in [2.05, 4.69) is 4.57 Å². The molecule has 0 amide bonds. The number of fused-ring (bicyclic) bond motifs is 2. The molecule has 0 aliphatic heterocycles. The molecule has 6 heteroatoms. The number of benzene rings is 3. The van der Waals surface area contributed by atoms with E-state index in [0.29, 0.717) is 17.3 Å². The standard InChI is InChI=1S/C29H25ClN2O3/c1-18-24(16-29(33)34)25-15-23(12-14-28(25)32(18)17-20-7-10-22(30)11-8-20)35-19(2)26-13-9-21-5-3-4-6-27(21)31-26/h3-15,19H,16-17H2,1-2H3,(H,33,34). The van der Waals surface area contributed by atoms with Gasteiger partial charge in [-0.25, -0.2) is 4.98 Å². The van der Waals surface area contributed by atoms with E-state index < -0.39 is 5.97 Å². The van der Waals surface area contributed by atoms with Crippen LogP contribution in [0.5, 0.6) is 5.75 Å². The van der Waals surface area contributed by atoms with Crippen molar-refractivity contribution in [2.75, 3.05) is 0 Å². The summed E-state index contributed by atoms with van der Waals surface area (Å²) >= 11 is 6.04. The van der Waals surface area contributed by atoms with Crippen molar-refractivity contribution in [1.82, 2.24) is 9.55 Å². The van der Waals surface area contributed by atoms with Crippen molar-refractivity contribution in [2.24, 2.45) is 0 Å². The molecular weight excluding hydrogens is 460 g/mol. The smallest absolute Gasteiger partial charge is 0.307 e. The molecule has 0 aliphatic rings. The second-order valence-electron chi connectivity index (χ2n) is 8.71. The van der Waals surface area contributed by atoms with E-state index in [4.69, 9.17) is 21.3 Å². The average molecular weight is 485 g/mol. The summed E-state index contributed by atoms with van der Waals surface area (Å²) in [4.78, 5) is 16.4. The Morgan fingerprint density at radius 3 is 2.60 bits per heavy atom. The number of carbonyl (C=O) groups is 1. The first-order valence-electron chi connectivity index (χ1n) is 11.5. The third-order valence-electron chi connectivity index (χ3n) is 6.36. The monoisotopic (exact) mass is 484 g/mol. The van der Waals surface area contributed by atoms with Gasteiger partial charge in [0, 0.05) is 33.6 Å². The number of aliphatic carboxylic acids is 1. The number of para-hydroxylation sites is 1. The van der Waals surface area contributed by atoms with Gasteiger partial charge in [-0.3, -0.25) is 4.79 Å². The van der Waals surface area contributed by atoms with Crippen LogP contribution < -0.4 is 4.74 Å². The van der Waals surface area contributed by atoms with Gasteiger partial charge < -0.3 is 14.4 Å². The Morgan fingerprint density at radius 1 is 1.06 bits per heavy atom. The molecule has 5 rings (SSSR count). The van der Waals surface area contributed by atoms with Crippen molar-refractivity contribution < 1.29 is 14.6 Å². The van der Waals surface area contributed by atoms with Gasteiger partial charge >= 0.3 is 5.97 Å². The zero-order chi connectivity index (χ0) is 24.5. The molecule has 5 nitrogen and oxygen atoms in total. The lowest BCUT2D eigenvalue weighted by Gasteiger charge is -2.15. The van der Waals surface area contributed by atoms with Crippen LogP contribution in [0.1, 0.15) is 35.5 Å².